The average molecular weight is 482 g/mol. The average Bonchev–Trinajstić information content (AvgIpc) is 2.89. The molecule has 1 aliphatic carbocycles. The van der Waals surface area contributed by atoms with Crippen LogP contribution in [0.4, 0.5) is 4.39 Å². The third-order valence-corrected chi connectivity index (χ3v) is 7.83. The highest BCUT2D eigenvalue weighted by molar-refractivity contribution is 5.63. The van der Waals surface area contributed by atoms with Crippen LogP contribution in [0.5, 0.6) is 5.88 Å². The summed E-state index contributed by atoms with van der Waals surface area (Å²) in [6.07, 6.45) is 20.8. The summed E-state index contributed by atoms with van der Waals surface area (Å²) >= 11 is 0. The molecular weight excluding hydrogens is 433 g/mol. The Hall–Kier alpha value is -1.90. The van der Waals surface area contributed by atoms with Crippen LogP contribution in [-0.2, 0) is 0 Å². The summed E-state index contributed by atoms with van der Waals surface area (Å²) in [4.78, 5) is 4.08. The van der Waals surface area contributed by atoms with E-state index in [1.165, 1.54) is 102 Å². The van der Waals surface area contributed by atoms with Gasteiger partial charge in [0.25, 0.3) is 0 Å². The van der Waals surface area contributed by atoms with Crippen LogP contribution in [0.2, 0.25) is 0 Å². The van der Waals surface area contributed by atoms with Crippen LogP contribution in [0.3, 0.4) is 0 Å². The lowest BCUT2D eigenvalue weighted by atomic mass is 9.77. The van der Waals surface area contributed by atoms with Gasteiger partial charge in [-0.2, -0.15) is 9.37 Å². The molecule has 1 aromatic carbocycles. The van der Waals surface area contributed by atoms with E-state index in [9.17, 15) is 4.39 Å². The molecule has 1 aliphatic rings. The van der Waals surface area contributed by atoms with E-state index in [2.05, 4.69) is 43.1 Å². The van der Waals surface area contributed by atoms with Crippen LogP contribution in [0.1, 0.15) is 128 Å². The van der Waals surface area contributed by atoms with Crippen molar-refractivity contribution < 1.29 is 9.13 Å². The predicted molar refractivity (Wildman–Crippen MR) is 147 cm³/mol. The summed E-state index contributed by atoms with van der Waals surface area (Å²) in [5.41, 5.74) is 2.84. The number of aromatic nitrogens is 1. The molecule has 1 aromatic heterocycles. The van der Waals surface area contributed by atoms with Crippen molar-refractivity contribution in [1.29, 1.82) is 0 Å². The van der Waals surface area contributed by atoms with Gasteiger partial charge in [-0.25, -0.2) is 0 Å². The van der Waals surface area contributed by atoms with Gasteiger partial charge in [-0.1, -0.05) is 109 Å². The summed E-state index contributed by atoms with van der Waals surface area (Å²) in [5, 5.41) is 0. The molecule has 35 heavy (non-hydrogen) atoms. The van der Waals surface area contributed by atoms with Gasteiger partial charge in [0.05, 0.1) is 6.61 Å². The zero-order valence-electron chi connectivity index (χ0n) is 22.4. The van der Waals surface area contributed by atoms with E-state index in [1.54, 1.807) is 6.07 Å². The Balaban J connectivity index is 1.41. The number of ether oxygens (including phenoxy) is 1. The summed E-state index contributed by atoms with van der Waals surface area (Å²) < 4.78 is 20.5. The van der Waals surface area contributed by atoms with Crippen LogP contribution < -0.4 is 4.74 Å². The zero-order chi connectivity index (χ0) is 24.7. The number of benzene rings is 1. The SMILES string of the molecule is CCCCCCCCCCOc1ccc(-c2ccc(C3CCC(CCCCC)CC3)cc2)c(F)n1. The minimum Gasteiger partial charge on any atom is -0.478 e. The number of halogens is 1. The predicted octanol–water partition coefficient (Wildman–Crippen LogP) is 10.3. The van der Waals surface area contributed by atoms with E-state index >= 15 is 0 Å². The lowest BCUT2D eigenvalue weighted by Gasteiger charge is -2.29. The van der Waals surface area contributed by atoms with Crippen LogP contribution in [0, 0.1) is 11.9 Å². The number of hydrogen-bond donors (Lipinski definition) is 0. The highest BCUT2D eigenvalue weighted by Crippen LogP contribution is 2.38. The number of unbranched alkanes of at least 4 members (excludes halogenated alkanes) is 9. The largest absolute Gasteiger partial charge is 0.478 e. The molecule has 0 spiro atoms. The molecule has 2 aromatic rings. The van der Waals surface area contributed by atoms with Crippen molar-refractivity contribution >= 4 is 0 Å². The van der Waals surface area contributed by atoms with Gasteiger partial charge in [-0.15, -0.1) is 0 Å². The van der Waals surface area contributed by atoms with Gasteiger partial charge in [0, 0.05) is 11.6 Å². The third kappa shape index (κ3) is 9.58. The van der Waals surface area contributed by atoms with Crippen LogP contribution in [-0.4, -0.2) is 11.6 Å². The second kappa shape index (κ2) is 16.0. The fourth-order valence-electron chi connectivity index (χ4n) is 5.53. The summed E-state index contributed by atoms with van der Waals surface area (Å²) in [5.74, 6) is 1.52. The highest BCUT2D eigenvalue weighted by Gasteiger charge is 2.22. The van der Waals surface area contributed by atoms with Gasteiger partial charge in [0.2, 0.25) is 11.8 Å². The van der Waals surface area contributed by atoms with E-state index in [1.807, 2.05) is 6.07 Å². The van der Waals surface area contributed by atoms with Crippen molar-refractivity contribution in [2.45, 2.75) is 122 Å². The van der Waals surface area contributed by atoms with E-state index in [0.717, 1.165) is 17.9 Å². The maximum Gasteiger partial charge on any atom is 0.224 e. The topological polar surface area (TPSA) is 22.1 Å². The van der Waals surface area contributed by atoms with Gasteiger partial charge >= 0.3 is 0 Å². The van der Waals surface area contributed by atoms with E-state index in [0.29, 0.717) is 24.0 Å². The second-order valence-corrected chi connectivity index (χ2v) is 10.6. The first-order chi connectivity index (χ1) is 17.2. The molecule has 0 radical (unpaired) electrons. The lowest BCUT2D eigenvalue weighted by Crippen LogP contribution is -2.13. The molecular formula is C32H48FNO. The monoisotopic (exact) mass is 481 g/mol. The van der Waals surface area contributed by atoms with Crippen LogP contribution >= 0.6 is 0 Å². The number of nitrogens with zero attached hydrogens (tertiary/aromatic N) is 1. The minimum atomic E-state index is -0.446. The van der Waals surface area contributed by atoms with Gasteiger partial charge in [-0.3, -0.25) is 0 Å². The summed E-state index contributed by atoms with van der Waals surface area (Å²) in [7, 11) is 0. The van der Waals surface area contributed by atoms with Crippen LogP contribution in [0.15, 0.2) is 36.4 Å². The molecule has 2 nitrogen and oxygen atoms in total. The normalized spacial score (nSPS) is 18.0. The molecule has 0 aliphatic heterocycles. The molecule has 1 fully saturated rings. The Morgan fingerprint density at radius 3 is 2.03 bits per heavy atom. The Labute approximate surface area is 214 Å². The Kier molecular flexibility index (Phi) is 12.6. The van der Waals surface area contributed by atoms with Gasteiger partial charge in [0.15, 0.2) is 0 Å². The van der Waals surface area contributed by atoms with E-state index < -0.39 is 5.95 Å². The van der Waals surface area contributed by atoms with Crippen molar-refractivity contribution in [3.05, 3.63) is 47.9 Å². The first kappa shape index (κ1) is 27.7. The maximum absolute atomic E-state index is 14.7. The smallest absolute Gasteiger partial charge is 0.224 e. The van der Waals surface area contributed by atoms with Crippen molar-refractivity contribution in [2.75, 3.05) is 6.61 Å². The van der Waals surface area contributed by atoms with Crippen LogP contribution in [0.25, 0.3) is 11.1 Å². The fourth-order valence-corrected chi connectivity index (χ4v) is 5.53. The second-order valence-electron chi connectivity index (χ2n) is 10.6. The van der Waals surface area contributed by atoms with E-state index in [4.69, 9.17) is 4.74 Å². The summed E-state index contributed by atoms with van der Waals surface area (Å²) in [6.45, 7) is 5.14. The molecule has 0 amide bonds. The lowest BCUT2D eigenvalue weighted by molar-refractivity contribution is 0.289. The van der Waals surface area contributed by atoms with Crippen molar-refractivity contribution in [2.24, 2.45) is 5.92 Å². The highest BCUT2D eigenvalue weighted by atomic mass is 19.1. The van der Waals surface area contributed by atoms with Gasteiger partial charge in [0.1, 0.15) is 0 Å². The maximum atomic E-state index is 14.7. The third-order valence-electron chi connectivity index (χ3n) is 7.83. The van der Waals surface area contributed by atoms with E-state index in [-0.39, 0.29) is 0 Å². The number of pyridine rings is 1. The molecule has 0 N–H and O–H groups in total. The fraction of sp³-hybridized carbons (Fsp3) is 0.656. The van der Waals surface area contributed by atoms with Gasteiger partial charge < -0.3 is 4.74 Å². The standard InChI is InChI=1S/C32H48FNO/c1-3-5-7-8-9-10-11-13-25-35-31-24-23-30(32(33)34-31)29-21-19-28(20-22-29)27-17-15-26(16-18-27)14-12-6-4-2/h19-24,26-27H,3-18,25H2,1-2H3. The first-order valence-electron chi connectivity index (χ1n) is 14.6. The van der Waals surface area contributed by atoms with Crippen molar-refractivity contribution in [3.8, 4) is 17.0 Å². The minimum absolute atomic E-state index is 0.390. The molecule has 0 saturated heterocycles. The summed E-state index contributed by atoms with van der Waals surface area (Å²) in [6, 6.07) is 12.1. The van der Waals surface area contributed by atoms with Crippen molar-refractivity contribution in [1.82, 2.24) is 4.98 Å². The molecule has 0 atom stereocenters. The van der Waals surface area contributed by atoms with Crippen molar-refractivity contribution in [3.63, 3.8) is 0 Å². The van der Waals surface area contributed by atoms with Gasteiger partial charge in [-0.05, 0) is 61.1 Å². The Morgan fingerprint density at radius 2 is 1.37 bits per heavy atom. The molecule has 3 rings (SSSR count). The zero-order valence-corrected chi connectivity index (χ0v) is 22.4. The molecule has 0 bridgehead atoms. The number of rotatable bonds is 16. The molecule has 1 heterocycles. The Bertz CT molecular complexity index is 826. The molecule has 1 saturated carbocycles. The number of hydrogen-bond acceptors (Lipinski definition) is 2. The quantitative estimate of drug-likeness (QED) is 0.176. The Morgan fingerprint density at radius 1 is 0.743 bits per heavy atom. The molecule has 0 unspecified atom stereocenters. The molecule has 3 heteroatoms. The molecule has 194 valence electrons. The first-order valence-corrected chi connectivity index (χ1v) is 14.6.